The molecule has 2 aromatic rings. The van der Waals surface area contributed by atoms with Crippen molar-refractivity contribution < 1.29 is 14.9 Å². The van der Waals surface area contributed by atoms with Gasteiger partial charge in [-0.25, -0.2) is 4.79 Å². The Morgan fingerprint density at radius 2 is 1.69 bits per heavy atom. The summed E-state index contributed by atoms with van der Waals surface area (Å²) >= 11 is 1.67. The van der Waals surface area contributed by atoms with Gasteiger partial charge in [0.15, 0.2) is 6.54 Å². The van der Waals surface area contributed by atoms with Crippen molar-refractivity contribution in [2.45, 2.75) is 45.7 Å². The maximum absolute atomic E-state index is 12.1. The quantitative estimate of drug-likeness (QED) is 0.697. The molecule has 1 atom stereocenters. The average Bonchev–Trinajstić information content (AvgIpc) is 3.09. The van der Waals surface area contributed by atoms with Crippen LogP contribution in [0.15, 0.2) is 41.8 Å². The number of hydrogen-bond donors (Lipinski definition) is 3. The normalized spacial score (nSPS) is 12.2. The summed E-state index contributed by atoms with van der Waals surface area (Å²) in [6, 6.07) is 12.2. The second kappa shape index (κ2) is 9.50. The van der Waals surface area contributed by atoms with Crippen LogP contribution < -0.4 is 16.0 Å². The van der Waals surface area contributed by atoms with E-state index in [2.05, 4.69) is 54.8 Å². The third kappa shape index (κ3) is 5.97. The van der Waals surface area contributed by atoms with Crippen molar-refractivity contribution >= 4 is 23.3 Å². The lowest BCUT2D eigenvalue weighted by Crippen LogP contribution is -2.87. The average molecular weight is 375 g/mol. The number of imide groups is 1. The van der Waals surface area contributed by atoms with Gasteiger partial charge in [-0.2, -0.15) is 0 Å². The molecule has 0 saturated heterocycles. The van der Waals surface area contributed by atoms with Crippen LogP contribution in [-0.4, -0.2) is 24.5 Å². The Hall–Kier alpha value is -2.18. The summed E-state index contributed by atoms with van der Waals surface area (Å²) in [5, 5.41) is 9.03. The van der Waals surface area contributed by atoms with Crippen LogP contribution >= 0.6 is 11.3 Å². The minimum absolute atomic E-state index is 0.00915. The summed E-state index contributed by atoms with van der Waals surface area (Å²) in [7, 11) is 0. The Kier molecular flexibility index (Phi) is 7.36. The molecule has 2 rings (SSSR count). The summed E-state index contributed by atoms with van der Waals surface area (Å²) in [6.45, 7) is 8.22. The molecule has 0 aliphatic rings. The van der Waals surface area contributed by atoms with Crippen LogP contribution in [0.4, 0.5) is 4.79 Å². The van der Waals surface area contributed by atoms with Crippen LogP contribution in [0.25, 0.3) is 0 Å². The van der Waals surface area contributed by atoms with Crippen LogP contribution in [0.5, 0.6) is 0 Å². The summed E-state index contributed by atoms with van der Waals surface area (Å²) in [6.07, 6.45) is 0. The van der Waals surface area contributed by atoms with Gasteiger partial charge in [-0.05, 0) is 36.8 Å². The molecule has 6 heteroatoms. The number of benzene rings is 1. The SMILES string of the molecule is CC(C)NC(=O)NC(=O)C[NH2+][C@@H](c1ccc(C(C)C)cc1)c1cccs1. The molecule has 5 nitrogen and oxygen atoms in total. The fourth-order valence-corrected chi connectivity index (χ4v) is 3.52. The molecule has 0 fully saturated rings. The lowest BCUT2D eigenvalue weighted by molar-refractivity contribution is -0.676. The van der Waals surface area contributed by atoms with Crippen molar-refractivity contribution in [2.75, 3.05) is 6.54 Å². The van der Waals surface area contributed by atoms with Gasteiger partial charge in [0.2, 0.25) is 0 Å². The summed E-state index contributed by atoms with van der Waals surface area (Å²) in [5.41, 5.74) is 2.44. The molecule has 0 spiro atoms. The fraction of sp³-hybridized carbons (Fsp3) is 0.400. The van der Waals surface area contributed by atoms with E-state index >= 15 is 0 Å². The van der Waals surface area contributed by atoms with Gasteiger partial charge in [-0.3, -0.25) is 10.1 Å². The van der Waals surface area contributed by atoms with E-state index in [1.165, 1.54) is 10.4 Å². The summed E-state index contributed by atoms with van der Waals surface area (Å²) in [5.74, 6) is 0.182. The molecule has 1 heterocycles. The first-order valence-electron chi connectivity index (χ1n) is 8.93. The number of nitrogens with one attached hydrogen (secondary N) is 2. The largest absolute Gasteiger partial charge is 0.336 e. The van der Waals surface area contributed by atoms with Crippen molar-refractivity contribution in [1.29, 1.82) is 0 Å². The van der Waals surface area contributed by atoms with E-state index < -0.39 is 6.03 Å². The highest BCUT2D eigenvalue weighted by molar-refractivity contribution is 7.10. The number of nitrogens with two attached hydrogens (primary N) is 1. The molecule has 3 amide bonds. The molecule has 1 aromatic heterocycles. The maximum Gasteiger partial charge on any atom is 0.321 e. The maximum atomic E-state index is 12.1. The van der Waals surface area contributed by atoms with E-state index in [9.17, 15) is 9.59 Å². The van der Waals surface area contributed by atoms with Gasteiger partial charge < -0.3 is 10.6 Å². The molecule has 0 bridgehead atoms. The van der Waals surface area contributed by atoms with Crippen LogP contribution in [0.1, 0.15) is 55.7 Å². The van der Waals surface area contributed by atoms with Gasteiger partial charge in [0.25, 0.3) is 5.91 Å². The van der Waals surface area contributed by atoms with Crippen LogP contribution in [0.2, 0.25) is 0 Å². The Balaban J connectivity index is 2.04. The zero-order valence-corrected chi connectivity index (χ0v) is 16.6. The number of rotatable bonds is 7. The third-order valence-electron chi connectivity index (χ3n) is 4.02. The van der Waals surface area contributed by atoms with E-state index in [0.29, 0.717) is 5.92 Å². The van der Waals surface area contributed by atoms with Crippen molar-refractivity contribution in [3.05, 3.63) is 57.8 Å². The molecule has 0 aliphatic heterocycles. The highest BCUT2D eigenvalue weighted by atomic mass is 32.1. The molecule has 4 N–H and O–H groups in total. The minimum atomic E-state index is -0.452. The molecular weight excluding hydrogens is 346 g/mol. The van der Waals surface area contributed by atoms with Crippen molar-refractivity contribution in [1.82, 2.24) is 10.6 Å². The number of urea groups is 1. The summed E-state index contributed by atoms with van der Waals surface area (Å²) < 4.78 is 0. The van der Waals surface area contributed by atoms with Gasteiger partial charge >= 0.3 is 6.03 Å². The molecule has 26 heavy (non-hydrogen) atoms. The first kappa shape index (κ1) is 20.1. The zero-order valence-electron chi connectivity index (χ0n) is 15.8. The number of carbonyl (C=O) groups is 2. The molecule has 0 aliphatic carbocycles. The highest BCUT2D eigenvalue weighted by Gasteiger charge is 2.21. The van der Waals surface area contributed by atoms with Gasteiger partial charge in [0, 0.05) is 11.6 Å². The molecule has 0 unspecified atom stereocenters. The van der Waals surface area contributed by atoms with Crippen LogP contribution in [0.3, 0.4) is 0 Å². The van der Waals surface area contributed by atoms with Gasteiger partial charge in [-0.1, -0.05) is 44.2 Å². The number of thiophene rings is 1. The zero-order chi connectivity index (χ0) is 19.1. The monoisotopic (exact) mass is 374 g/mol. The van der Waals surface area contributed by atoms with Gasteiger partial charge in [0.1, 0.15) is 6.04 Å². The van der Waals surface area contributed by atoms with E-state index in [1.807, 2.05) is 30.6 Å². The van der Waals surface area contributed by atoms with Gasteiger partial charge in [-0.15, -0.1) is 11.3 Å². The smallest absolute Gasteiger partial charge is 0.321 e. The Labute approximate surface area is 159 Å². The Bertz CT molecular complexity index is 709. The molecular formula is C20H28N3O2S+. The standard InChI is InChI=1S/C20H27N3O2S/c1-13(2)15-7-9-16(10-8-15)19(17-6-5-11-26-17)21-12-18(24)23-20(25)22-14(3)4/h5-11,13-14,19,21H,12H2,1-4H3,(H2,22,23,24,25)/p+1/t19-/m0/s1. The van der Waals surface area contributed by atoms with Crippen molar-refractivity contribution in [2.24, 2.45) is 0 Å². The van der Waals surface area contributed by atoms with Crippen molar-refractivity contribution in [3.63, 3.8) is 0 Å². The van der Waals surface area contributed by atoms with Crippen LogP contribution in [0, 0.1) is 0 Å². The lowest BCUT2D eigenvalue weighted by Gasteiger charge is -2.16. The molecule has 0 saturated carbocycles. The lowest BCUT2D eigenvalue weighted by atomic mass is 9.98. The summed E-state index contributed by atoms with van der Waals surface area (Å²) in [4.78, 5) is 24.9. The second-order valence-corrected chi connectivity index (χ2v) is 7.91. The minimum Gasteiger partial charge on any atom is -0.336 e. The molecule has 1 aromatic carbocycles. The number of hydrogen-bond acceptors (Lipinski definition) is 3. The molecule has 140 valence electrons. The predicted molar refractivity (Wildman–Crippen MR) is 105 cm³/mol. The first-order chi connectivity index (χ1) is 12.4. The Morgan fingerprint density at radius 3 is 2.23 bits per heavy atom. The number of carbonyl (C=O) groups excluding carboxylic acids is 2. The van der Waals surface area contributed by atoms with E-state index in [1.54, 1.807) is 11.3 Å². The first-order valence-corrected chi connectivity index (χ1v) is 9.81. The fourth-order valence-electron chi connectivity index (χ4n) is 2.67. The van der Waals surface area contributed by atoms with Crippen molar-refractivity contribution in [3.8, 4) is 0 Å². The molecule has 0 radical (unpaired) electrons. The van der Waals surface area contributed by atoms with Gasteiger partial charge in [0.05, 0.1) is 4.88 Å². The van der Waals surface area contributed by atoms with E-state index in [0.717, 1.165) is 5.56 Å². The third-order valence-corrected chi connectivity index (χ3v) is 4.98. The van der Waals surface area contributed by atoms with E-state index in [-0.39, 0.29) is 24.5 Å². The van der Waals surface area contributed by atoms with E-state index in [4.69, 9.17) is 0 Å². The predicted octanol–water partition coefficient (Wildman–Crippen LogP) is 2.76. The van der Waals surface area contributed by atoms with Crippen LogP contribution in [-0.2, 0) is 4.79 Å². The number of quaternary nitrogens is 1. The highest BCUT2D eigenvalue weighted by Crippen LogP contribution is 2.24. The Morgan fingerprint density at radius 1 is 1.04 bits per heavy atom. The second-order valence-electron chi connectivity index (χ2n) is 6.93. The topological polar surface area (TPSA) is 74.8 Å². The number of amides is 3.